The van der Waals surface area contributed by atoms with Gasteiger partial charge in [0.25, 0.3) is 0 Å². The summed E-state index contributed by atoms with van der Waals surface area (Å²) >= 11 is 0. The molecule has 0 amide bonds. The second kappa shape index (κ2) is 10.5. The summed E-state index contributed by atoms with van der Waals surface area (Å²) in [5.41, 5.74) is 4.93. The smallest absolute Gasteiger partial charge is 0.338 e. The van der Waals surface area contributed by atoms with E-state index in [1.54, 1.807) is 34.1 Å². The maximum Gasteiger partial charge on any atom is 0.338 e. The van der Waals surface area contributed by atoms with Crippen LogP contribution in [0.15, 0.2) is 30.5 Å². The second-order valence-corrected chi connectivity index (χ2v) is 8.58. The Labute approximate surface area is 205 Å². The van der Waals surface area contributed by atoms with Crippen LogP contribution in [-0.2, 0) is 16.0 Å². The molecule has 186 valence electrons. The molecular formula is C27H32N2O6. The molecule has 0 saturated carbocycles. The van der Waals surface area contributed by atoms with Gasteiger partial charge in [0.2, 0.25) is 0 Å². The van der Waals surface area contributed by atoms with Crippen LogP contribution in [0, 0.1) is 6.92 Å². The molecule has 0 spiro atoms. The normalized spacial score (nSPS) is 14.2. The predicted octanol–water partition coefficient (Wildman–Crippen LogP) is 4.14. The van der Waals surface area contributed by atoms with Crippen LogP contribution in [0.25, 0.3) is 16.6 Å². The van der Waals surface area contributed by atoms with Gasteiger partial charge in [0.05, 0.1) is 50.9 Å². The van der Waals surface area contributed by atoms with E-state index in [9.17, 15) is 9.59 Å². The summed E-state index contributed by atoms with van der Waals surface area (Å²) in [5, 5.41) is 0. The molecule has 3 heterocycles. The summed E-state index contributed by atoms with van der Waals surface area (Å²) in [4.78, 5) is 27.4. The molecule has 0 aliphatic carbocycles. The Morgan fingerprint density at radius 1 is 1.00 bits per heavy atom. The summed E-state index contributed by atoms with van der Waals surface area (Å²) in [7, 11) is 3.31. The third-order valence-electron chi connectivity index (χ3n) is 6.40. The number of aromatic nitrogens is 1. The maximum atomic E-state index is 12.6. The SMILES string of the molecule is CCOC(=O)c1cc2cc(-c3cc(OC)c(CN4CCOCC4)c(OC)c3)cn2c(C(C)=O)c1C. The molecule has 35 heavy (non-hydrogen) atoms. The molecule has 1 aromatic carbocycles. The van der Waals surface area contributed by atoms with Gasteiger partial charge in [-0.2, -0.15) is 0 Å². The Hall–Kier alpha value is -3.36. The van der Waals surface area contributed by atoms with Crippen molar-refractivity contribution in [2.45, 2.75) is 27.3 Å². The van der Waals surface area contributed by atoms with Crippen LogP contribution in [0.4, 0.5) is 0 Å². The van der Waals surface area contributed by atoms with Gasteiger partial charge in [0.15, 0.2) is 5.78 Å². The average molecular weight is 481 g/mol. The van der Waals surface area contributed by atoms with Crippen LogP contribution in [0.1, 0.15) is 45.8 Å². The minimum absolute atomic E-state index is 0.128. The highest BCUT2D eigenvalue weighted by molar-refractivity contribution is 6.01. The molecule has 0 N–H and O–H groups in total. The molecule has 8 heteroatoms. The monoisotopic (exact) mass is 480 g/mol. The number of benzene rings is 1. The lowest BCUT2D eigenvalue weighted by Gasteiger charge is -2.28. The minimum atomic E-state index is -0.437. The molecule has 0 radical (unpaired) electrons. The summed E-state index contributed by atoms with van der Waals surface area (Å²) in [6.07, 6.45) is 1.91. The number of carbonyl (C=O) groups excluding carboxylic acids is 2. The van der Waals surface area contributed by atoms with Crippen LogP contribution < -0.4 is 9.47 Å². The average Bonchev–Trinajstić information content (AvgIpc) is 3.27. The number of carbonyl (C=O) groups is 2. The number of methoxy groups -OCH3 is 2. The Kier molecular flexibility index (Phi) is 7.42. The highest BCUT2D eigenvalue weighted by Crippen LogP contribution is 2.37. The van der Waals surface area contributed by atoms with Crippen LogP contribution in [-0.4, -0.2) is 68.2 Å². The number of ketones is 1. The number of esters is 1. The van der Waals surface area contributed by atoms with Crippen molar-refractivity contribution in [3.63, 3.8) is 0 Å². The van der Waals surface area contributed by atoms with Crippen molar-refractivity contribution in [1.82, 2.24) is 9.30 Å². The molecule has 0 atom stereocenters. The lowest BCUT2D eigenvalue weighted by atomic mass is 10.0. The topological polar surface area (TPSA) is 78.7 Å². The number of hydrogen-bond acceptors (Lipinski definition) is 7. The number of fused-ring (bicyclic) bond motifs is 1. The van der Waals surface area contributed by atoms with E-state index in [0.29, 0.717) is 36.6 Å². The lowest BCUT2D eigenvalue weighted by Crippen LogP contribution is -2.35. The van der Waals surface area contributed by atoms with Crippen LogP contribution >= 0.6 is 0 Å². The molecule has 1 saturated heterocycles. The van der Waals surface area contributed by atoms with Crippen LogP contribution in [0.2, 0.25) is 0 Å². The number of hydrogen-bond donors (Lipinski definition) is 0. The van der Waals surface area contributed by atoms with Gasteiger partial charge >= 0.3 is 5.97 Å². The van der Waals surface area contributed by atoms with Crippen LogP contribution in [0.5, 0.6) is 11.5 Å². The van der Waals surface area contributed by atoms with Crippen LogP contribution in [0.3, 0.4) is 0 Å². The van der Waals surface area contributed by atoms with E-state index in [1.807, 2.05) is 28.8 Å². The van der Waals surface area contributed by atoms with Gasteiger partial charge in [-0.15, -0.1) is 0 Å². The zero-order valence-electron chi connectivity index (χ0n) is 21.0. The number of rotatable bonds is 8. The van der Waals surface area contributed by atoms with E-state index in [4.69, 9.17) is 18.9 Å². The molecule has 4 rings (SSSR count). The van der Waals surface area contributed by atoms with Crippen molar-refractivity contribution in [2.75, 3.05) is 47.1 Å². The Morgan fingerprint density at radius 2 is 1.66 bits per heavy atom. The van der Waals surface area contributed by atoms with E-state index >= 15 is 0 Å². The summed E-state index contributed by atoms with van der Waals surface area (Å²) < 4.78 is 24.0. The number of Topliss-reactive ketones (excluding diaryl/α,β-unsaturated/α-hetero) is 1. The maximum absolute atomic E-state index is 12.6. The van der Waals surface area contributed by atoms with E-state index in [0.717, 1.165) is 46.8 Å². The first kappa shape index (κ1) is 24.8. The summed E-state index contributed by atoms with van der Waals surface area (Å²) in [6, 6.07) is 7.69. The van der Waals surface area contributed by atoms with Crippen molar-refractivity contribution in [3.8, 4) is 22.6 Å². The number of morpholine rings is 1. The first-order valence-electron chi connectivity index (χ1n) is 11.8. The van der Waals surface area contributed by atoms with Gasteiger partial charge in [-0.05, 0) is 49.2 Å². The van der Waals surface area contributed by atoms with Crippen molar-refractivity contribution >= 4 is 17.3 Å². The third kappa shape index (κ3) is 4.90. The van der Waals surface area contributed by atoms with Gasteiger partial charge < -0.3 is 23.3 Å². The standard InChI is InChI=1S/C27H32N2O6/c1-6-35-27(31)22-14-21-11-20(15-29(21)26(17(22)2)18(3)30)19-12-24(32-4)23(25(13-19)33-5)16-28-7-9-34-10-8-28/h11-15H,6-10,16H2,1-5H3. The van der Waals surface area contributed by atoms with Crippen molar-refractivity contribution in [2.24, 2.45) is 0 Å². The molecule has 0 unspecified atom stereocenters. The molecule has 1 aliphatic rings. The number of nitrogens with zero attached hydrogens (tertiary/aromatic N) is 2. The Bertz CT molecular complexity index is 1230. The molecule has 2 aromatic heterocycles. The number of pyridine rings is 1. The van der Waals surface area contributed by atoms with Crippen molar-refractivity contribution < 1.29 is 28.5 Å². The second-order valence-electron chi connectivity index (χ2n) is 8.58. The quantitative estimate of drug-likeness (QED) is 0.354. The molecule has 1 aliphatic heterocycles. The largest absolute Gasteiger partial charge is 0.496 e. The lowest BCUT2D eigenvalue weighted by molar-refractivity contribution is 0.0335. The third-order valence-corrected chi connectivity index (χ3v) is 6.40. The van der Waals surface area contributed by atoms with Crippen molar-refractivity contribution in [3.05, 3.63) is 52.8 Å². The fourth-order valence-corrected chi connectivity index (χ4v) is 4.65. The first-order valence-corrected chi connectivity index (χ1v) is 11.8. The predicted molar refractivity (Wildman–Crippen MR) is 133 cm³/mol. The fraction of sp³-hybridized carbons (Fsp3) is 0.407. The zero-order chi connectivity index (χ0) is 25.1. The van der Waals surface area contributed by atoms with E-state index in [-0.39, 0.29) is 12.4 Å². The van der Waals surface area contributed by atoms with Gasteiger partial charge in [0, 0.05) is 43.8 Å². The summed E-state index contributed by atoms with van der Waals surface area (Å²) in [5.74, 6) is 0.901. The Balaban J connectivity index is 1.81. The van der Waals surface area contributed by atoms with E-state index in [2.05, 4.69) is 4.90 Å². The first-order chi connectivity index (χ1) is 16.9. The number of ether oxygens (including phenoxy) is 4. The Morgan fingerprint density at radius 3 is 2.23 bits per heavy atom. The molecular weight excluding hydrogens is 448 g/mol. The van der Waals surface area contributed by atoms with Gasteiger partial charge in [-0.1, -0.05) is 0 Å². The molecule has 1 fully saturated rings. The molecule has 8 nitrogen and oxygen atoms in total. The van der Waals surface area contributed by atoms with E-state index < -0.39 is 5.97 Å². The molecule has 3 aromatic rings. The fourth-order valence-electron chi connectivity index (χ4n) is 4.65. The molecule has 0 bridgehead atoms. The van der Waals surface area contributed by atoms with E-state index in [1.165, 1.54) is 6.92 Å². The van der Waals surface area contributed by atoms with Gasteiger partial charge in [-0.3, -0.25) is 9.69 Å². The van der Waals surface area contributed by atoms with Gasteiger partial charge in [0.1, 0.15) is 11.5 Å². The van der Waals surface area contributed by atoms with Crippen molar-refractivity contribution in [1.29, 1.82) is 0 Å². The van der Waals surface area contributed by atoms with Gasteiger partial charge in [-0.25, -0.2) is 4.79 Å². The highest BCUT2D eigenvalue weighted by Gasteiger charge is 2.22. The minimum Gasteiger partial charge on any atom is -0.496 e. The summed E-state index contributed by atoms with van der Waals surface area (Å²) in [6.45, 7) is 9.14. The zero-order valence-corrected chi connectivity index (χ0v) is 21.0. The highest BCUT2D eigenvalue weighted by atomic mass is 16.5.